The lowest BCUT2D eigenvalue weighted by Gasteiger charge is -2.21. The van der Waals surface area contributed by atoms with E-state index in [2.05, 4.69) is 47.6 Å². The lowest BCUT2D eigenvalue weighted by Crippen LogP contribution is -2.27. The molecule has 0 bridgehead atoms. The predicted molar refractivity (Wildman–Crippen MR) is 94.4 cm³/mol. The van der Waals surface area contributed by atoms with Crippen LogP contribution in [0, 0.1) is 0 Å². The molecule has 1 atom stereocenters. The number of benzene rings is 2. The third-order valence-corrected chi connectivity index (χ3v) is 4.04. The average molecular weight is 299 g/mol. The van der Waals surface area contributed by atoms with Crippen LogP contribution in [0.2, 0.25) is 0 Å². The van der Waals surface area contributed by atoms with Gasteiger partial charge in [-0.05, 0) is 30.7 Å². The van der Waals surface area contributed by atoms with Crippen LogP contribution in [0.25, 0.3) is 10.9 Å². The molecule has 1 N–H and O–H groups in total. The second kappa shape index (κ2) is 5.69. The highest BCUT2D eigenvalue weighted by atomic mass is 15.0. The van der Waals surface area contributed by atoms with E-state index >= 15 is 0 Å². The molecule has 3 aromatic rings. The van der Waals surface area contributed by atoms with Crippen LogP contribution in [-0.4, -0.2) is 10.8 Å². The molecule has 2 aromatic carbocycles. The van der Waals surface area contributed by atoms with Crippen molar-refractivity contribution in [1.82, 2.24) is 10.3 Å². The molecule has 1 aliphatic rings. The number of aliphatic imine (C=N–C) groups is 1. The quantitative estimate of drug-likeness (QED) is 0.769. The van der Waals surface area contributed by atoms with Gasteiger partial charge in [0.15, 0.2) is 0 Å². The van der Waals surface area contributed by atoms with Crippen LogP contribution in [0.3, 0.4) is 0 Å². The molecule has 0 saturated carbocycles. The maximum atomic E-state index is 4.92. The first-order chi connectivity index (χ1) is 11.3. The van der Waals surface area contributed by atoms with E-state index in [9.17, 15) is 0 Å². The lowest BCUT2D eigenvalue weighted by molar-refractivity contribution is 0.850. The maximum absolute atomic E-state index is 4.92. The minimum absolute atomic E-state index is 0.000596. The van der Waals surface area contributed by atoms with Crippen LogP contribution in [0.1, 0.15) is 24.1 Å². The summed E-state index contributed by atoms with van der Waals surface area (Å²) in [5.74, 6) is 0.913. The molecule has 3 heteroatoms. The fourth-order valence-corrected chi connectivity index (χ4v) is 2.95. The number of aromatic nitrogens is 1. The molecule has 1 unspecified atom stereocenters. The Morgan fingerprint density at radius 3 is 2.57 bits per heavy atom. The molecule has 1 aliphatic heterocycles. The fourth-order valence-electron chi connectivity index (χ4n) is 2.95. The Morgan fingerprint density at radius 1 is 0.913 bits per heavy atom. The number of amidine groups is 1. The molecule has 1 aromatic heterocycles. The number of nitrogens with one attached hydrogen (secondary N) is 1. The van der Waals surface area contributed by atoms with Gasteiger partial charge < -0.3 is 5.32 Å². The highest BCUT2D eigenvalue weighted by Gasteiger charge is 2.18. The third-order valence-electron chi connectivity index (χ3n) is 4.04. The number of nitrogens with zero attached hydrogens (tertiary/aromatic N) is 2. The van der Waals surface area contributed by atoms with E-state index in [0.29, 0.717) is 0 Å². The summed E-state index contributed by atoms with van der Waals surface area (Å²) in [4.78, 5) is 9.37. The van der Waals surface area contributed by atoms with Gasteiger partial charge in [0.25, 0.3) is 0 Å². The van der Waals surface area contributed by atoms with E-state index in [-0.39, 0.29) is 6.04 Å². The topological polar surface area (TPSA) is 37.3 Å². The van der Waals surface area contributed by atoms with Crippen molar-refractivity contribution in [3.05, 3.63) is 89.8 Å². The number of fused-ring (bicyclic) bond motifs is 1. The van der Waals surface area contributed by atoms with Gasteiger partial charge in [-0.1, -0.05) is 48.5 Å². The van der Waals surface area contributed by atoms with Gasteiger partial charge in [-0.2, -0.15) is 0 Å². The minimum Gasteiger partial charge on any atom is -0.344 e. The molecule has 2 heterocycles. The van der Waals surface area contributed by atoms with Crippen molar-refractivity contribution in [2.24, 2.45) is 4.99 Å². The monoisotopic (exact) mass is 299 g/mol. The summed E-state index contributed by atoms with van der Waals surface area (Å²) in [5.41, 5.74) is 4.41. The second-order valence-corrected chi connectivity index (χ2v) is 5.68. The number of para-hydroxylation sites is 1. The third kappa shape index (κ3) is 2.61. The van der Waals surface area contributed by atoms with Crippen LogP contribution in [-0.2, 0) is 0 Å². The zero-order valence-electron chi connectivity index (χ0n) is 12.9. The van der Waals surface area contributed by atoms with Crippen molar-refractivity contribution in [1.29, 1.82) is 0 Å². The number of rotatable bonds is 2. The smallest absolute Gasteiger partial charge is 0.133 e. The van der Waals surface area contributed by atoms with E-state index in [1.165, 1.54) is 5.56 Å². The van der Waals surface area contributed by atoms with Crippen LogP contribution < -0.4 is 5.32 Å². The zero-order valence-corrected chi connectivity index (χ0v) is 12.9. The molecule has 0 spiro atoms. The van der Waals surface area contributed by atoms with Crippen molar-refractivity contribution >= 4 is 16.7 Å². The Hall–Kier alpha value is -2.94. The highest BCUT2D eigenvalue weighted by molar-refractivity contribution is 6.00. The fraction of sp³-hybridized carbons (Fsp3) is 0.100. The summed E-state index contributed by atoms with van der Waals surface area (Å²) in [6.07, 6.45) is 4.02. The van der Waals surface area contributed by atoms with Gasteiger partial charge in [-0.15, -0.1) is 0 Å². The average Bonchev–Trinajstić information content (AvgIpc) is 2.61. The normalized spacial score (nSPS) is 17.3. The molecule has 0 amide bonds. The summed E-state index contributed by atoms with van der Waals surface area (Å²) in [7, 11) is 0. The van der Waals surface area contributed by atoms with Gasteiger partial charge >= 0.3 is 0 Å². The van der Waals surface area contributed by atoms with Gasteiger partial charge in [0.05, 0.1) is 11.6 Å². The molecule has 0 radical (unpaired) electrons. The zero-order chi connectivity index (χ0) is 15.6. The van der Waals surface area contributed by atoms with E-state index in [1.807, 2.05) is 42.6 Å². The van der Waals surface area contributed by atoms with Crippen LogP contribution in [0.4, 0.5) is 0 Å². The molecule has 0 fully saturated rings. The first-order valence-corrected chi connectivity index (χ1v) is 7.73. The molecule has 112 valence electrons. The number of pyridine rings is 1. The van der Waals surface area contributed by atoms with Crippen molar-refractivity contribution in [3.8, 4) is 0 Å². The van der Waals surface area contributed by atoms with Gasteiger partial charge in [-0.3, -0.25) is 9.98 Å². The molecular formula is C20H17N3. The van der Waals surface area contributed by atoms with Crippen LogP contribution >= 0.6 is 0 Å². The summed E-state index contributed by atoms with van der Waals surface area (Å²) in [6.45, 7) is 2.08. The Balaban J connectivity index is 1.83. The largest absolute Gasteiger partial charge is 0.344 e. The van der Waals surface area contributed by atoms with Crippen molar-refractivity contribution in [2.45, 2.75) is 13.0 Å². The lowest BCUT2D eigenvalue weighted by atomic mass is 10.00. The number of hydrogen-bond acceptors (Lipinski definition) is 3. The molecule has 0 aliphatic carbocycles. The summed E-state index contributed by atoms with van der Waals surface area (Å²) < 4.78 is 0. The Morgan fingerprint density at radius 2 is 1.70 bits per heavy atom. The molecule has 4 rings (SSSR count). The predicted octanol–water partition coefficient (Wildman–Crippen LogP) is 4.23. The second-order valence-electron chi connectivity index (χ2n) is 5.68. The van der Waals surface area contributed by atoms with Gasteiger partial charge in [0, 0.05) is 22.8 Å². The SMILES string of the molecule is CC1=CC(c2ccnc3ccccc23)N=C(c2ccccc2)N1. The van der Waals surface area contributed by atoms with E-state index in [4.69, 9.17) is 4.99 Å². The molecule has 0 saturated heterocycles. The number of allylic oxidation sites excluding steroid dienone is 1. The summed E-state index contributed by atoms with van der Waals surface area (Å²) in [6, 6.07) is 20.5. The molecule has 23 heavy (non-hydrogen) atoms. The van der Waals surface area contributed by atoms with Gasteiger partial charge in [-0.25, -0.2) is 0 Å². The first kappa shape index (κ1) is 13.7. The van der Waals surface area contributed by atoms with Crippen LogP contribution in [0.15, 0.2) is 83.6 Å². The molecular weight excluding hydrogens is 282 g/mol. The Bertz CT molecular complexity index is 905. The van der Waals surface area contributed by atoms with Crippen molar-refractivity contribution in [2.75, 3.05) is 0 Å². The summed E-state index contributed by atoms with van der Waals surface area (Å²) in [5, 5.41) is 4.53. The van der Waals surface area contributed by atoms with Crippen molar-refractivity contribution in [3.63, 3.8) is 0 Å². The Kier molecular flexibility index (Phi) is 3.39. The molecule has 3 nitrogen and oxygen atoms in total. The standard InChI is InChI=1S/C20H17N3/c1-14-13-19(23-20(22-14)15-7-3-2-4-8-15)17-11-12-21-18-10-6-5-9-16(17)18/h2-13,19H,1H3,(H,22,23). The maximum Gasteiger partial charge on any atom is 0.133 e. The minimum atomic E-state index is -0.000596. The van der Waals surface area contributed by atoms with Gasteiger partial charge in [0.2, 0.25) is 0 Å². The van der Waals surface area contributed by atoms with Crippen LogP contribution in [0.5, 0.6) is 0 Å². The van der Waals surface area contributed by atoms with E-state index < -0.39 is 0 Å². The highest BCUT2D eigenvalue weighted by Crippen LogP contribution is 2.29. The van der Waals surface area contributed by atoms with Crippen molar-refractivity contribution < 1.29 is 0 Å². The van der Waals surface area contributed by atoms with E-state index in [1.54, 1.807) is 0 Å². The Labute approximate surface area is 135 Å². The van der Waals surface area contributed by atoms with Gasteiger partial charge in [0.1, 0.15) is 5.84 Å². The first-order valence-electron chi connectivity index (χ1n) is 7.73. The summed E-state index contributed by atoms with van der Waals surface area (Å²) >= 11 is 0. The number of hydrogen-bond donors (Lipinski definition) is 1. The van der Waals surface area contributed by atoms with E-state index in [0.717, 1.165) is 28.0 Å².